The first-order valence-electron chi connectivity index (χ1n) is 10.6. The molecule has 2 amide bonds. The molecule has 1 aliphatic rings. The molecule has 0 aliphatic carbocycles. The maximum Gasteiger partial charge on any atom is 0.273 e. The predicted octanol–water partition coefficient (Wildman–Crippen LogP) is 3.62. The molecule has 166 valence electrons. The third-order valence-corrected chi connectivity index (χ3v) is 6.45. The van der Waals surface area contributed by atoms with Crippen LogP contribution in [0.2, 0.25) is 5.02 Å². The number of carbonyl (C=O) groups excluding carboxylic acids is 2. The number of carbonyl (C=O) groups is 2. The molecule has 0 saturated carbocycles. The smallest absolute Gasteiger partial charge is 0.273 e. The molecule has 0 bridgehead atoms. The Hall–Kier alpha value is -3.19. The zero-order valence-electron chi connectivity index (χ0n) is 18.4. The molecule has 32 heavy (non-hydrogen) atoms. The molecule has 8 heteroatoms. The van der Waals surface area contributed by atoms with E-state index in [0.717, 1.165) is 22.4 Å². The summed E-state index contributed by atoms with van der Waals surface area (Å²) in [5.41, 5.74) is 5.05. The van der Waals surface area contributed by atoms with E-state index in [1.54, 1.807) is 9.58 Å². The fraction of sp³-hybridized carbons (Fsp3) is 0.333. The van der Waals surface area contributed by atoms with Crippen molar-refractivity contribution in [2.24, 2.45) is 5.92 Å². The molecular formula is C24H26ClN5O2. The summed E-state index contributed by atoms with van der Waals surface area (Å²) in [6.07, 6.45) is 0.402. The highest BCUT2D eigenvalue weighted by atomic mass is 35.5. The van der Waals surface area contributed by atoms with Crippen molar-refractivity contribution in [3.63, 3.8) is 0 Å². The van der Waals surface area contributed by atoms with Crippen molar-refractivity contribution in [2.45, 2.75) is 33.7 Å². The van der Waals surface area contributed by atoms with E-state index in [-0.39, 0.29) is 17.7 Å². The van der Waals surface area contributed by atoms with Crippen LogP contribution in [0.25, 0.3) is 5.69 Å². The summed E-state index contributed by atoms with van der Waals surface area (Å²) in [4.78, 5) is 27.0. The molecule has 2 heterocycles. The SMILES string of the molecule is Cc1cccc(-n2nnc(C(=O)NCC3CC(=O)N(Cc4ccccc4Cl)C3)c2C)c1C. The molecule has 1 N–H and O–H groups in total. The van der Waals surface area contributed by atoms with Crippen LogP contribution < -0.4 is 5.32 Å². The average molecular weight is 452 g/mol. The average Bonchev–Trinajstić information content (AvgIpc) is 3.32. The van der Waals surface area contributed by atoms with Crippen LogP contribution in [0.1, 0.15) is 39.3 Å². The van der Waals surface area contributed by atoms with Gasteiger partial charge in [0, 0.05) is 37.0 Å². The number of benzene rings is 2. The highest BCUT2D eigenvalue weighted by molar-refractivity contribution is 6.31. The second-order valence-electron chi connectivity index (χ2n) is 8.30. The van der Waals surface area contributed by atoms with Crippen molar-refractivity contribution >= 4 is 23.4 Å². The standard InChI is InChI=1S/C24H26ClN5O2/c1-15-7-6-10-21(16(15)2)30-17(3)23(27-28-30)24(32)26-12-18-11-22(31)29(13-18)14-19-8-4-5-9-20(19)25/h4-10,18H,11-14H2,1-3H3,(H,26,32). The van der Waals surface area contributed by atoms with Gasteiger partial charge in [0.25, 0.3) is 5.91 Å². The highest BCUT2D eigenvalue weighted by Gasteiger charge is 2.30. The molecule has 1 unspecified atom stereocenters. The summed E-state index contributed by atoms with van der Waals surface area (Å²) in [5, 5.41) is 11.9. The lowest BCUT2D eigenvalue weighted by Crippen LogP contribution is -2.31. The Kier molecular flexibility index (Phi) is 6.28. The highest BCUT2D eigenvalue weighted by Crippen LogP contribution is 2.23. The minimum Gasteiger partial charge on any atom is -0.350 e. The fourth-order valence-corrected chi connectivity index (χ4v) is 4.22. The van der Waals surface area contributed by atoms with Crippen molar-refractivity contribution in [2.75, 3.05) is 13.1 Å². The first-order valence-corrected chi connectivity index (χ1v) is 11.0. The zero-order chi connectivity index (χ0) is 22.8. The molecule has 1 atom stereocenters. The quantitative estimate of drug-likeness (QED) is 0.620. The van der Waals surface area contributed by atoms with Gasteiger partial charge in [-0.05, 0) is 49.6 Å². The van der Waals surface area contributed by atoms with Crippen LogP contribution in [0.5, 0.6) is 0 Å². The fourth-order valence-electron chi connectivity index (χ4n) is 4.03. The lowest BCUT2D eigenvalue weighted by molar-refractivity contribution is -0.128. The van der Waals surface area contributed by atoms with Crippen molar-refractivity contribution in [1.82, 2.24) is 25.2 Å². The number of amides is 2. The molecule has 1 aromatic heterocycles. The van der Waals surface area contributed by atoms with Gasteiger partial charge in [-0.3, -0.25) is 9.59 Å². The summed E-state index contributed by atoms with van der Waals surface area (Å²) in [7, 11) is 0. The number of likely N-dealkylation sites (tertiary alicyclic amines) is 1. The summed E-state index contributed by atoms with van der Waals surface area (Å²) in [5.74, 6) is -0.166. The summed E-state index contributed by atoms with van der Waals surface area (Å²) in [6.45, 7) is 7.36. The van der Waals surface area contributed by atoms with Crippen LogP contribution in [-0.2, 0) is 11.3 Å². The summed E-state index contributed by atoms with van der Waals surface area (Å²) < 4.78 is 1.70. The largest absolute Gasteiger partial charge is 0.350 e. The number of hydrogen-bond donors (Lipinski definition) is 1. The van der Waals surface area contributed by atoms with Gasteiger partial charge in [-0.2, -0.15) is 0 Å². The molecular weight excluding hydrogens is 426 g/mol. The lowest BCUT2D eigenvalue weighted by Gasteiger charge is -2.17. The molecule has 7 nitrogen and oxygen atoms in total. The van der Waals surface area contributed by atoms with E-state index in [4.69, 9.17) is 11.6 Å². The summed E-state index contributed by atoms with van der Waals surface area (Å²) in [6, 6.07) is 13.5. The Bertz CT molecular complexity index is 1170. The van der Waals surface area contributed by atoms with Crippen LogP contribution in [0.4, 0.5) is 0 Å². The second-order valence-corrected chi connectivity index (χ2v) is 8.71. The van der Waals surface area contributed by atoms with Gasteiger partial charge >= 0.3 is 0 Å². The van der Waals surface area contributed by atoms with Gasteiger partial charge in [-0.15, -0.1) is 5.10 Å². The van der Waals surface area contributed by atoms with E-state index >= 15 is 0 Å². The number of aryl methyl sites for hydroxylation is 1. The minimum atomic E-state index is -0.281. The molecule has 2 aromatic carbocycles. The maximum atomic E-state index is 12.8. The third kappa shape index (κ3) is 4.39. The second kappa shape index (κ2) is 9.12. The van der Waals surface area contributed by atoms with E-state index in [0.29, 0.717) is 42.5 Å². The number of aromatic nitrogens is 3. The van der Waals surface area contributed by atoms with Crippen LogP contribution in [0.3, 0.4) is 0 Å². The first-order chi connectivity index (χ1) is 15.3. The molecule has 1 aliphatic heterocycles. The number of nitrogens with zero attached hydrogens (tertiary/aromatic N) is 4. The van der Waals surface area contributed by atoms with Crippen LogP contribution in [-0.4, -0.2) is 44.8 Å². The Morgan fingerprint density at radius 1 is 1.16 bits per heavy atom. The van der Waals surface area contributed by atoms with E-state index in [2.05, 4.69) is 15.6 Å². The van der Waals surface area contributed by atoms with Gasteiger partial charge in [-0.1, -0.05) is 47.1 Å². The van der Waals surface area contributed by atoms with Crippen LogP contribution in [0, 0.1) is 26.7 Å². The third-order valence-electron chi connectivity index (χ3n) is 6.08. The van der Waals surface area contributed by atoms with Gasteiger partial charge in [0.05, 0.1) is 11.4 Å². The normalized spacial score (nSPS) is 15.9. The van der Waals surface area contributed by atoms with Crippen LogP contribution >= 0.6 is 11.6 Å². The number of halogens is 1. The molecule has 4 rings (SSSR count). The number of nitrogens with one attached hydrogen (secondary N) is 1. The molecule has 0 spiro atoms. The molecule has 3 aromatic rings. The number of hydrogen-bond acceptors (Lipinski definition) is 4. The van der Waals surface area contributed by atoms with Crippen molar-refractivity contribution in [3.05, 3.63) is 75.6 Å². The Morgan fingerprint density at radius 2 is 1.94 bits per heavy atom. The molecule has 1 saturated heterocycles. The Balaban J connectivity index is 1.38. The number of rotatable bonds is 6. The predicted molar refractivity (Wildman–Crippen MR) is 123 cm³/mol. The topological polar surface area (TPSA) is 80.1 Å². The maximum absolute atomic E-state index is 12.8. The molecule has 0 radical (unpaired) electrons. The minimum absolute atomic E-state index is 0.0447. The van der Waals surface area contributed by atoms with Gasteiger partial charge in [0.2, 0.25) is 5.91 Å². The molecule has 1 fully saturated rings. The Morgan fingerprint density at radius 3 is 2.72 bits per heavy atom. The zero-order valence-corrected chi connectivity index (χ0v) is 19.2. The van der Waals surface area contributed by atoms with Gasteiger partial charge in [0.15, 0.2) is 5.69 Å². The van der Waals surface area contributed by atoms with Crippen LogP contribution in [0.15, 0.2) is 42.5 Å². The van der Waals surface area contributed by atoms with E-state index in [1.165, 1.54) is 0 Å². The first kappa shape index (κ1) is 22.0. The van der Waals surface area contributed by atoms with Gasteiger partial charge < -0.3 is 10.2 Å². The Labute approximate surface area is 192 Å². The van der Waals surface area contributed by atoms with Gasteiger partial charge in [-0.25, -0.2) is 4.68 Å². The van der Waals surface area contributed by atoms with Crippen molar-refractivity contribution < 1.29 is 9.59 Å². The van der Waals surface area contributed by atoms with Gasteiger partial charge in [0.1, 0.15) is 0 Å². The van der Waals surface area contributed by atoms with E-state index in [1.807, 2.05) is 63.2 Å². The van der Waals surface area contributed by atoms with Crippen molar-refractivity contribution in [3.8, 4) is 5.69 Å². The lowest BCUT2D eigenvalue weighted by atomic mass is 10.1. The monoisotopic (exact) mass is 451 g/mol. The van der Waals surface area contributed by atoms with E-state index in [9.17, 15) is 9.59 Å². The van der Waals surface area contributed by atoms with Crippen molar-refractivity contribution in [1.29, 1.82) is 0 Å². The summed E-state index contributed by atoms with van der Waals surface area (Å²) >= 11 is 6.23. The van der Waals surface area contributed by atoms with E-state index < -0.39 is 0 Å².